The van der Waals surface area contributed by atoms with Gasteiger partial charge in [0.2, 0.25) is 0 Å². The first-order valence-corrected chi connectivity index (χ1v) is 6.22. The molecule has 6 heteroatoms. The van der Waals surface area contributed by atoms with Crippen molar-refractivity contribution in [3.63, 3.8) is 0 Å². The van der Waals surface area contributed by atoms with Crippen molar-refractivity contribution in [2.75, 3.05) is 18.2 Å². The molecule has 96 valence electrons. The van der Waals surface area contributed by atoms with Crippen LogP contribution in [-0.4, -0.2) is 16.9 Å². The number of nitrogen functional groups attached to an aromatic ring is 1. The van der Waals surface area contributed by atoms with Crippen LogP contribution < -0.4 is 15.8 Å². The fourth-order valence-electron chi connectivity index (χ4n) is 1.70. The van der Waals surface area contributed by atoms with Crippen molar-refractivity contribution in [1.82, 2.24) is 9.78 Å². The highest BCUT2D eigenvalue weighted by Crippen LogP contribution is 2.31. The lowest BCUT2D eigenvalue weighted by Gasteiger charge is -2.10. The van der Waals surface area contributed by atoms with E-state index in [1.54, 1.807) is 11.8 Å². The lowest BCUT2D eigenvalue weighted by atomic mass is 10.3. The fourth-order valence-corrected chi connectivity index (χ4v) is 2.24. The van der Waals surface area contributed by atoms with Gasteiger partial charge < -0.3 is 15.8 Å². The Morgan fingerprint density at radius 1 is 1.44 bits per heavy atom. The summed E-state index contributed by atoms with van der Waals surface area (Å²) in [7, 11) is 3.49. The summed E-state index contributed by atoms with van der Waals surface area (Å²) in [6.07, 6.45) is 0. The molecule has 3 N–H and O–H groups in total. The van der Waals surface area contributed by atoms with Gasteiger partial charge in [-0.2, -0.15) is 5.10 Å². The molecule has 2 aromatic rings. The van der Waals surface area contributed by atoms with E-state index in [2.05, 4.69) is 26.3 Å². The normalized spacial score (nSPS) is 10.4. The second kappa shape index (κ2) is 4.89. The first-order chi connectivity index (χ1) is 8.52. The highest BCUT2D eigenvalue weighted by molar-refractivity contribution is 9.10. The molecule has 0 bridgehead atoms. The third-order valence-corrected chi connectivity index (χ3v) is 3.30. The third-order valence-electron chi connectivity index (χ3n) is 2.68. The SMILES string of the molecule is COc1ccc(Nc2c(N)c(C)nn2C)cc1Br. The van der Waals surface area contributed by atoms with E-state index in [0.717, 1.165) is 27.4 Å². The molecular weight excluding hydrogens is 296 g/mol. The molecule has 1 aromatic carbocycles. The molecule has 0 amide bonds. The molecule has 0 unspecified atom stereocenters. The minimum atomic E-state index is 0.657. The maximum Gasteiger partial charge on any atom is 0.152 e. The summed E-state index contributed by atoms with van der Waals surface area (Å²) in [6, 6.07) is 5.73. The van der Waals surface area contributed by atoms with Crippen molar-refractivity contribution in [2.45, 2.75) is 6.92 Å². The first kappa shape index (κ1) is 12.8. The van der Waals surface area contributed by atoms with Crippen molar-refractivity contribution >= 4 is 33.1 Å². The molecule has 0 aliphatic carbocycles. The summed E-state index contributed by atoms with van der Waals surface area (Å²) in [4.78, 5) is 0. The second-order valence-corrected chi connectivity index (χ2v) is 4.80. The van der Waals surface area contributed by atoms with Crippen LogP contribution in [-0.2, 0) is 7.05 Å². The number of hydrogen-bond acceptors (Lipinski definition) is 4. The highest BCUT2D eigenvalue weighted by atomic mass is 79.9. The first-order valence-electron chi connectivity index (χ1n) is 5.42. The molecule has 0 aliphatic rings. The maximum absolute atomic E-state index is 5.96. The number of methoxy groups -OCH3 is 1. The Hall–Kier alpha value is -1.69. The zero-order valence-corrected chi connectivity index (χ0v) is 12.1. The van der Waals surface area contributed by atoms with E-state index in [1.165, 1.54) is 0 Å². The van der Waals surface area contributed by atoms with Gasteiger partial charge in [-0.05, 0) is 41.1 Å². The Labute approximate surface area is 114 Å². The van der Waals surface area contributed by atoms with E-state index in [-0.39, 0.29) is 0 Å². The highest BCUT2D eigenvalue weighted by Gasteiger charge is 2.10. The van der Waals surface area contributed by atoms with Crippen LogP contribution in [0.25, 0.3) is 0 Å². The topological polar surface area (TPSA) is 65.1 Å². The van der Waals surface area contributed by atoms with Crippen LogP contribution >= 0.6 is 15.9 Å². The molecule has 0 aliphatic heterocycles. The Balaban J connectivity index is 2.31. The molecular formula is C12H15BrN4O. The Kier molecular flexibility index (Phi) is 3.47. The van der Waals surface area contributed by atoms with Crippen LogP contribution in [0.2, 0.25) is 0 Å². The zero-order valence-electron chi connectivity index (χ0n) is 10.5. The maximum atomic E-state index is 5.96. The Morgan fingerprint density at radius 2 is 2.17 bits per heavy atom. The molecule has 1 heterocycles. The molecule has 0 saturated carbocycles. The number of nitrogens with zero attached hydrogens (tertiary/aromatic N) is 2. The fraction of sp³-hybridized carbons (Fsp3) is 0.250. The summed E-state index contributed by atoms with van der Waals surface area (Å²) < 4.78 is 7.79. The standard InChI is InChI=1S/C12H15BrN4O/c1-7-11(14)12(17(2)16-7)15-8-4-5-10(18-3)9(13)6-8/h4-6,15H,14H2,1-3H3. The van der Waals surface area contributed by atoms with E-state index in [9.17, 15) is 0 Å². The summed E-state index contributed by atoms with van der Waals surface area (Å²) in [5, 5.41) is 7.50. The van der Waals surface area contributed by atoms with Gasteiger partial charge in [0.25, 0.3) is 0 Å². The van der Waals surface area contributed by atoms with E-state index >= 15 is 0 Å². The molecule has 0 atom stereocenters. The quantitative estimate of drug-likeness (QED) is 0.915. The van der Waals surface area contributed by atoms with Gasteiger partial charge in [0.1, 0.15) is 5.75 Å². The number of hydrogen-bond donors (Lipinski definition) is 2. The number of halogens is 1. The van der Waals surface area contributed by atoms with E-state index in [1.807, 2.05) is 32.2 Å². The molecule has 2 rings (SSSR count). The molecule has 0 saturated heterocycles. The lowest BCUT2D eigenvalue weighted by molar-refractivity contribution is 0.412. The summed E-state index contributed by atoms with van der Waals surface area (Å²) in [5.74, 6) is 1.57. The largest absolute Gasteiger partial charge is 0.496 e. The number of ether oxygens (including phenoxy) is 1. The molecule has 0 spiro atoms. The summed E-state index contributed by atoms with van der Waals surface area (Å²) >= 11 is 3.44. The molecule has 18 heavy (non-hydrogen) atoms. The van der Waals surface area contributed by atoms with Gasteiger partial charge >= 0.3 is 0 Å². The van der Waals surface area contributed by atoms with Crippen molar-refractivity contribution in [3.8, 4) is 5.75 Å². The van der Waals surface area contributed by atoms with Crippen LogP contribution in [0.5, 0.6) is 5.75 Å². The minimum absolute atomic E-state index is 0.657. The van der Waals surface area contributed by atoms with Gasteiger partial charge in [-0.15, -0.1) is 0 Å². The molecule has 0 radical (unpaired) electrons. The minimum Gasteiger partial charge on any atom is -0.496 e. The van der Waals surface area contributed by atoms with Gasteiger partial charge in [0.05, 0.1) is 23.0 Å². The van der Waals surface area contributed by atoms with Gasteiger partial charge in [-0.1, -0.05) is 0 Å². The second-order valence-electron chi connectivity index (χ2n) is 3.95. The zero-order chi connectivity index (χ0) is 13.3. The van der Waals surface area contributed by atoms with Gasteiger partial charge in [-0.25, -0.2) is 0 Å². The van der Waals surface area contributed by atoms with E-state index in [0.29, 0.717) is 5.69 Å². The predicted octanol–water partition coefficient (Wildman–Crippen LogP) is 2.83. The number of anilines is 3. The molecule has 5 nitrogen and oxygen atoms in total. The van der Waals surface area contributed by atoms with Crippen LogP contribution in [0.1, 0.15) is 5.69 Å². The van der Waals surface area contributed by atoms with Crippen molar-refractivity contribution in [1.29, 1.82) is 0 Å². The smallest absolute Gasteiger partial charge is 0.152 e. The Morgan fingerprint density at radius 3 is 2.67 bits per heavy atom. The number of nitrogens with two attached hydrogens (primary N) is 1. The number of aromatic nitrogens is 2. The van der Waals surface area contributed by atoms with Crippen LogP contribution in [0, 0.1) is 6.92 Å². The van der Waals surface area contributed by atoms with E-state index in [4.69, 9.17) is 10.5 Å². The lowest BCUT2D eigenvalue weighted by Crippen LogP contribution is -2.01. The van der Waals surface area contributed by atoms with Crippen LogP contribution in [0.4, 0.5) is 17.2 Å². The van der Waals surface area contributed by atoms with E-state index < -0.39 is 0 Å². The van der Waals surface area contributed by atoms with Crippen LogP contribution in [0.15, 0.2) is 22.7 Å². The molecule has 0 fully saturated rings. The van der Waals surface area contributed by atoms with Gasteiger partial charge in [0, 0.05) is 12.7 Å². The predicted molar refractivity (Wildman–Crippen MR) is 76.3 cm³/mol. The average molecular weight is 311 g/mol. The third kappa shape index (κ3) is 2.28. The monoisotopic (exact) mass is 310 g/mol. The Bertz CT molecular complexity index is 580. The van der Waals surface area contributed by atoms with Crippen molar-refractivity contribution in [3.05, 3.63) is 28.4 Å². The summed E-state index contributed by atoms with van der Waals surface area (Å²) in [5.41, 5.74) is 8.35. The van der Waals surface area contributed by atoms with Crippen molar-refractivity contribution < 1.29 is 4.74 Å². The average Bonchev–Trinajstić information content (AvgIpc) is 2.56. The number of nitrogens with one attached hydrogen (secondary N) is 1. The van der Waals surface area contributed by atoms with Gasteiger partial charge in [-0.3, -0.25) is 4.68 Å². The molecule has 1 aromatic heterocycles. The number of aryl methyl sites for hydroxylation is 2. The van der Waals surface area contributed by atoms with Crippen LogP contribution in [0.3, 0.4) is 0 Å². The van der Waals surface area contributed by atoms with Gasteiger partial charge in [0.15, 0.2) is 5.82 Å². The van der Waals surface area contributed by atoms with Crippen molar-refractivity contribution in [2.24, 2.45) is 7.05 Å². The number of rotatable bonds is 3. The summed E-state index contributed by atoms with van der Waals surface area (Å²) in [6.45, 7) is 1.88. The number of benzene rings is 1.